The molecule has 0 radical (unpaired) electrons. The Hall–Kier alpha value is -2.36. The smallest absolute Gasteiger partial charge is 0.416 e. The van der Waals surface area contributed by atoms with Crippen molar-refractivity contribution in [3.63, 3.8) is 0 Å². The number of piperidine rings is 1. The molecular formula is C28H32F4N2O2S. The van der Waals surface area contributed by atoms with Crippen LogP contribution in [0.1, 0.15) is 36.7 Å². The Morgan fingerprint density at radius 1 is 1.14 bits per heavy atom. The molecule has 37 heavy (non-hydrogen) atoms. The highest BCUT2D eigenvalue weighted by atomic mass is 32.2. The zero-order valence-corrected chi connectivity index (χ0v) is 21.6. The zero-order chi connectivity index (χ0) is 26.4. The van der Waals surface area contributed by atoms with Crippen LogP contribution in [0.5, 0.6) is 5.75 Å². The second-order valence-corrected chi connectivity index (χ2v) is 10.7. The van der Waals surface area contributed by atoms with Gasteiger partial charge in [0, 0.05) is 35.7 Å². The number of methoxy groups -OCH3 is 1. The fourth-order valence-corrected chi connectivity index (χ4v) is 5.90. The van der Waals surface area contributed by atoms with E-state index in [4.69, 9.17) is 4.74 Å². The van der Waals surface area contributed by atoms with Gasteiger partial charge in [0.15, 0.2) is 0 Å². The van der Waals surface area contributed by atoms with Gasteiger partial charge in [-0.1, -0.05) is 12.1 Å². The normalized spacial score (nSPS) is 19.7. The summed E-state index contributed by atoms with van der Waals surface area (Å²) in [6.45, 7) is 2.30. The van der Waals surface area contributed by atoms with Gasteiger partial charge in [0.05, 0.1) is 23.9 Å². The molecule has 3 aromatic rings. The molecule has 200 valence electrons. The number of hydrogen-bond donors (Lipinski definition) is 1. The van der Waals surface area contributed by atoms with Gasteiger partial charge in [0.1, 0.15) is 11.9 Å². The highest BCUT2D eigenvalue weighted by Gasteiger charge is 2.31. The molecule has 1 fully saturated rings. The number of aromatic nitrogens is 1. The summed E-state index contributed by atoms with van der Waals surface area (Å²) in [5, 5.41) is 10.9. The number of alkyl halides is 4. The van der Waals surface area contributed by atoms with Gasteiger partial charge in [-0.2, -0.15) is 13.2 Å². The van der Waals surface area contributed by atoms with Crippen molar-refractivity contribution in [1.82, 2.24) is 9.88 Å². The summed E-state index contributed by atoms with van der Waals surface area (Å²) in [4.78, 5) is 7.33. The van der Waals surface area contributed by atoms with Gasteiger partial charge >= 0.3 is 6.18 Å². The molecule has 0 amide bonds. The third-order valence-electron chi connectivity index (χ3n) is 7.08. The standard InChI is InChI=1S/C28H32F4N2O2S/c1-36-23-7-10-26-20(15-23)6-9-27(33-26)25(29)8-5-19-11-12-34(17-21(19)18-35)13-14-37-24-4-2-3-22(16-24)28(30,31)32/h2-4,6-7,9-10,15-16,19,21,25,35H,5,8,11-14,17-18H2,1H3/t19-,21-,25?/m1/s1. The van der Waals surface area contributed by atoms with Crippen molar-refractivity contribution in [3.8, 4) is 5.75 Å². The Balaban J connectivity index is 1.25. The van der Waals surface area contributed by atoms with Crippen molar-refractivity contribution in [2.24, 2.45) is 11.8 Å². The number of halogens is 4. The van der Waals surface area contributed by atoms with Crippen LogP contribution in [-0.2, 0) is 6.18 Å². The van der Waals surface area contributed by atoms with E-state index in [0.717, 1.165) is 42.2 Å². The molecule has 1 aromatic heterocycles. The monoisotopic (exact) mass is 536 g/mol. The first-order valence-electron chi connectivity index (χ1n) is 12.5. The first-order valence-corrected chi connectivity index (χ1v) is 13.5. The van der Waals surface area contributed by atoms with Gasteiger partial charge in [-0.25, -0.2) is 9.37 Å². The number of pyridine rings is 1. The van der Waals surface area contributed by atoms with Gasteiger partial charge < -0.3 is 14.7 Å². The van der Waals surface area contributed by atoms with Gasteiger partial charge in [-0.15, -0.1) is 11.8 Å². The number of fused-ring (bicyclic) bond motifs is 1. The molecule has 0 aliphatic carbocycles. The van der Waals surface area contributed by atoms with Crippen LogP contribution in [0.4, 0.5) is 17.6 Å². The van der Waals surface area contributed by atoms with E-state index in [1.165, 1.54) is 23.9 Å². The summed E-state index contributed by atoms with van der Waals surface area (Å²) in [5.41, 5.74) is 0.511. The van der Waals surface area contributed by atoms with Crippen LogP contribution in [-0.4, -0.2) is 54.1 Å². The summed E-state index contributed by atoms with van der Waals surface area (Å²) in [6, 6.07) is 14.5. The minimum atomic E-state index is -4.34. The molecule has 9 heteroatoms. The number of hydrogen-bond acceptors (Lipinski definition) is 5. The number of nitrogens with zero attached hydrogens (tertiary/aromatic N) is 2. The average molecular weight is 537 g/mol. The van der Waals surface area contributed by atoms with Gasteiger partial charge in [-0.3, -0.25) is 0 Å². The number of thioether (sulfide) groups is 1. The minimum absolute atomic E-state index is 0.0367. The van der Waals surface area contributed by atoms with E-state index in [0.29, 0.717) is 35.7 Å². The van der Waals surface area contributed by atoms with Crippen LogP contribution in [0, 0.1) is 11.8 Å². The van der Waals surface area contributed by atoms with E-state index >= 15 is 4.39 Å². The Kier molecular flexibility index (Phi) is 9.31. The SMILES string of the molecule is COc1ccc2nc(C(F)CC[C@@H]3CCN(CCSc4cccc(C(F)(F)F)c4)C[C@@H]3CO)ccc2c1. The summed E-state index contributed by atoms with van der Waals surface area (Å²) in [5.74, 6) is 1.67. The maximum absolute atomic E-state index is 15.1. The predicted molar refractivity (Wildman–Crippen MR) is 139 cm³/mol. The lowest BCUT2D eigenvalue weighted by Crippen LogP contribution is -2.43. The molecule has 0 spiro atoms. The molecule has 1 unspecified atom stereocenters. The van der Waals surface area contributed by atoms with Crippen molar-refractivity contribution < 1.29 is 27.4 Å². The maximum atomic E-state index is 15.1. The highest BCUT2D eigenvalue weighted by Crippen LogP contribution is 2.34. The highest BCUT2D eigenvalue weighted by molar-refractivity contribution is 7.99. The number of likely N-dealkylation sites (tertiary alicyclic amines) is 1. The number of ether oxygens (including phenoxy) is 1. The molecule has 3 atom stereocenters. The first-order chi connectivity index (χ1) is 17.8. The number of aliphatic hydroxyl groups excluding tert-OH is 1. The van der Waals surface area contributed by atoms with Crippen molar-refractivity contribution >= 4 is 22.7 Å². The van der Waals surface area contributed by atoms with E-state index in [9.17, 15) is 18.3 Å². The zero-order valence-electron chi connectivity index (χ0n) is 20.8. The van der Waals surface area contributed by atoms with Crippen LogP contribution < -0.4 is 4.74 Å². The lowest BCUT2D eigenvalue weighted by molar-refractivity contribution is -0.137. The summed E-state index contributed by atoms with van der Waals surface area (Å²) in [7, 11) is 1.60. The molecule has 2 aromatic carbocycles. The number of rotatable bonds is 10. The fraction of sp³-hybridized carbons (Fsp3) is 0.464. The Morgan fingerprint density at radius 3 is 2.73 bits per heavy atom. The lowest BCUT2D eigenvalue weighted by atomic mass is 9.82. The summed E-state index contributed by atoms with van der Waals surface area (Å²) >= 11 is 1.40. The topological polar surface area (TPSA) is 45.6 Å². The molecule has 4 nitrogen and oxygen atoms in total. The summed E-state index contributed by atoms with van der Waals surface area (Å²) in [6.07, 6.45) is -3.64. The van der Waals surface area contributed by atoms with E-state index in [1.54, 1.807) is 19.2 Å². The van der Waals surface area contributed by atoms with Crippen molar-refractivity contribution in [1.29, 1.82) is 0 Å². The third-order valence-corrected chi connectivity index (χ3v) is 8.05. The molecule has 1 N–H and O–H groups in total. The first kappa shape index (κ1) is 27.7. The fourth-order valence-electron chi connectivity index (χ4n) is 4.93. The molecule has 0 saturated carbocycles. The number of benzene rings is 2. The second-order valence-electron chi connectivity index (χ2n) is 9.51. The van der Waals surface area contributed by atoms with Crippen LogP contribution in [0.2, 0.25) is 0 Å². The van der Waals surface area contributed by atoms with Gasteiger partial charge in [0.25, 0.3) is 0 Å². The van der Waals surface area contributed by atoms with Crippen molar-refractivity contribution in [2.45, 2.75) is 36.5 Å². The van der Waals surface area contributed by atoms with Crippen LogP contribution in [0.3, 0.4) is 0 Å². The van der Waals surface area contributed by atoms with E-state index in [-0.39, 0.29) is 18.4 Å². The van der Waals surface area contributed by atoms with Gasteiger partial charge in [0.2, 0.25) is 0 Å². The minimum Gasteiger partial charge on any atom is -0.497 e. The van der Waals surface area contributed by atoms with Crippen LogP contribution >= 0.6 is 11.8 Å². The Bertz CT molecular complexity index is 1180. The quantitative estimate of drug-likeness (QED) is 0.229. The molecular weight excluding hydrogens is 504 g/mol. The second kappa shape index (κ2) is 12.5. The van der Waals surface area contributed by atoms with Crippen LogP contribution in [0.25, 0.3) is 10.9 Å². The number of aliphatic hydroxyl groups is 1. The predicted octanol–water partition coefficient (Wildman–Crippen LogP) is 6.78. The Morgan fingerprint density at radius 2 is 1.97 bits per heavy atom. The average Bonchev–Trinajstić information content (AvgIpc) is 2.91. The largest absolute Gasteiger partial charge is 0.497 e. The molecule has 2 heterocycles. The maximum Gasteiger partial charge on any atom is 0.416 e. The molecule has 1 aliphatic heterocycles. The molecule has 4 rings (SSSR count). The molecule has 1 aliphatic rings. The van der Waals surface area contributed by atoms with Crippen LogP contribution in [0.15, 0.2) is 59.5 Å². The van der Waals surface area contributed by atoms with E-state index in [1.807, 2.05) is 24.3 Å². The van der Waals surface area contributed by atoms with Crippen molar-refractivity contribution in [2.75, 3.05) is 39.1 Å². The Labute approximate surface area is 219 Å². The molecule has 1 saturated heterocycles. The lowest BCUT2D eigenvalue weighted by Gasteiger charge is -2.38. The third kappa shape index (κ3) is 7.36. The van der Waals surface area contributed by atoms with E-state index < -0.39 is 17.9 Å². The van der Waals surface area contributed by atoms with Gasteiger partial charge in [-0.05, 0) is 80.1 Å². The molecule has 0 bridgehead atoms. The van der Waals surface area contributed by atoms with Crippen molar-refractivity contribution in [3.05, 3.63) is 65.9 Å². The van der Waals surface area contributed by atoms with E-state index in [2.05, 4.69) is 9.88 Å². The summed E-state index contributed by atoms with van der Waals surface area (Å²) < 4.78 is 59.1.